The number of nitrogens with one attached hydrogen (secondary N) is 1. The van der Waals surface area contributed by atoms with E-state index in [1.54, 1.807) is 13.8 Å². The minimum Gasteiger partial charge on any atom is -0.480 e. The van der Waals surface area contributed by atoms with Gasteiger partial charge in [0.25, 0.3) is 0 Å². The molecule has 0 aliphatic heterocycles. The van der Waals surface area contributed by atoms with E-state index in [1.807, 2.05) is 0 Å². The van der Waals surface area contributed by atoms with E-state index in [0.29, 0.717) is 0 Å². The molecule has 1 aromatic carbocycles. The summed E-state index contributed by atoms with van der Waals surface area (Å²) in [5.74, 6) is -1.23. The molecule has 0 saturated heterocycles. The normalized spacial score (nSPS) is 13.4. The van der Waals surface area contributed by atoms with Gasteiger partial charge in [-0.3, -0.25) is 4.79 Å². The van der Waals surface area contributed by atoms with E-state index in [2.05, 4.69) is 4.72 Å². The fraction of sp³-hybridized carbons (Fsp3) is 0.417. The lowest BCUT2D eigenvalue weighted by Gasteiger charge is -2.17. The molecule has 0 spiro atoms. The maximum absolute atomic E-state index is 12.2. The third-order valence-electron chi connectivity index (χ3n) is 2.49. The molecular weight excluding hydrogens is 325 g/mol. The maximum Gasteiger partial charge on any atom is 0.321 e. The van der Waals surface area contributed by atoms with Crippen molar-refractivity contribution in [2.24, 2.45) is 5.92 Å². The van der Waals surface area contributed by atoms with Gasteiger partial charge in [-0.25, -0.2) is 8.42 Å². The Balaban J connectivity index is 3.13. The van der Waals surface area contributed by atoms with Gasteiger partial charge < -0.3 is 5.11 Å². The van der Waals surface area contributed by atoms with Crippen LogP contribution in [0.5, 0.6) is 0 Å². The van der Waals surface area contributed by atoms with Gasteiger partial charge in [-0.2, -0.15) is 4.72 Å². The van der Waals surface area contributed by atoms with Crippen LogP contribution < -0.4 is 4.72 Å². The van der Waals surface area contributed by atoms with E-state index in [-0.39, 0.29) is 27.3 Å². The Morgan fingerprint density at radius 3 is 2.20 bits per heavy atom. The molecule has 0 bridgehead atoms. The molecule has 2 N–H and O–H groups in total. The largest absolute Gasteiger partial charge is 0.480 e. The van der Waals surface area contributed by atoms with Crippen LogP contribution in [0.3, 0.4) is 0 Å². The number of carboxylic acid groups (broad SMARTS) is 1. The van der Waals surface area contributed by atoms with Gasteiger partial charge in [-0.05, 0) is 24.5 Å². The molecule has 1 rings (SSSR count). The lowest BCUT2D eigenvalue weighted by molar-refractivity contribution is -0.139. The molecule has 0 radical (unpaired) electrons. The second kappa shape index (κ2) is 6.76. The molecule has 0 aliphatic rings. The molecular formula is C12H15Cl2NO4S. The Morgan fingerprint density at radius 1 is 1.30 bits per heavy atom. The second-order valence-corrected chi connectivity index (χ2v) is 7.16. The molecule has 0 aliphatic carbocycles. The first-order chi connectivity index (χ1) is 9.15. The number of aliphatic carboxylic acids is 1. The summed E-state index contributed by atoms with van der Waals surface area (Å²) in [5.41, 5.74) is 0. The van der Waals surface area contributed by atoms with Gasteiger partial charge in [-0.15, -0.1) is 0 Å². The first-order valence-electron chi connectivity index (χ1n) is 5.84. The van der Waals surface area contributed by atoms with Gasteiger partial charge in [0.05, 0.1) is 10.0 Å². The topological polar surface area (TPSA) is 83.5 Å². The average molecular weight is 340 g/mol. The van der Waals surface area contributed by atoms with E-state index in [1.165, 1.54) is 18.2 Å². The lowest BCUT2D eigenvalue weighted by Crippen LogP contribution is -2.41. The van der Waals surface area contributed by atoms with Crippen LogP contribution in [0.2, 0.25) is 10.0 Å². The van der Waals surface area contributed by atoms with Crippen LogP contribution in [0, 0.1) is 5.92 Å². The summed E-state index contributed by atoms with van der Waals surface area (Å²) in [6.45, 7) is 3.60. The van der Waals surface area contributed by atoms with Gasteiger partial charge in [-0.1, -0.05) is 43.1 Å². The average Bonchev–Trinajstić information content (AvgIpc) is 2.26. The van der Waals surface area contributed by atoms with E-state index in [4.69, 9.17) is 28.3 Å². The number of benzene rings is 1. The molecule has 20 heavy (non-hydrogen) atoms. The summed E-state index contributed by atoms with van der Waals surface area (Å²) in [5, 5.41) is 8.96. The van der Waals surface area contributed by atoms with Gasteiger partial charge in [0.2, 0.25) is 10.0 Å². The van der Waals surface area contributed by atoms with E-state index in [0.717, 1.165) is 0 Å². The zero-order valence-corrected chi connectivity index (χ0v) is 13.3. The molecule has 1 atom stereocenters. The number of hydrogen-bond acceptors (Lipinski definition) is 3. The SMILES string of the molecule is CC(C)CC(NS(=O)(=O)c1c(Cl)cccc1Cl)C(=O)O. The zero-order valence-electron chi connectivity index (χ0n) is 10.9. The summed E-state index contributed by atoms with van der Waals surface area (Å²) in [6.07, 6.45) is 0.163. The molecule has 8 heteroatoms. The predicted octanol–water partition coefficient (Wildman–Crippen LogP) is 2.77. The molecule has 0 heterocycles. The van der Waals surface area contributed by atoms with E-state index >= 15 is 0 Å². The number of rotatable bonds is 6. The van der Waals surface area contributed by atoms with E-state index in [9.17, 15) is 13.2 Å². The lowest BCUT2D eigenvalue weighted by atomic mass is 10.1. The van der Waals surface area contributed by atoms with Crippen molar-refractivity contribution in [2.75, 3.05) is 0 Å². The summed E-state index contributed by atoms with van der Waals surface area (Å²) in [4.78, 5) is 10.8. The van der Waals surface area contributed by atoms with Crippen molar-refractivity contribution in [3.05, 3.63) is 28.2 Å². The fourth-order valence-electron chi connectivity index (χ4n) is 1.66. The highest BCUT2D eigenvalue weighted by molar-refractivity contribution is 7.89. The van der Waals surface area contributed by atoms with Crippen LogP contribution in [-0.4, -0.2) is 25.5 Å². The van der Waals surface area contributed by atoms with Crippen molar-refractivity contribution in [1.29, 1.82) is 0 Å². The molecule has 112 valence electrons. The third-order valence-corrected chi connectivity index (χ3v) is 4.92. The van der Waals surface area contributed by atoms with Crippen molar-refractivity contribution >= 4 is 39.2 Å². The summed E-state index contributed by atoms with van der Waals surface area (Å²) in [7, 11) is -4.11. The Labute approximate surface area is 127 Å². The van der Waals surface area contributed by atoms with Gasteiger partial charge >= 0.3 is 5.97 Å². The van der Waals surface area contributed by atoms with Crippen LogP contribution in [0.25, 0.3) is 0 Å². The minimum absolute atomic E-state index is 0.0144. The third kappa shape index (κ3) is 4.34. The first-order valence-corrected chi connectivity index (χ1v) is 8.08. The number of carboxylic acids is 1. The van der Waals surface area contributed by atoms with Crippen LogP contribution in [0.15, 0.2) is 23.1 Å². The molecule has 0 fully saturated rings. The molecule has 5 nitrogen and oxygen atoms in total. The van der Waals surface area contributed by atoms with Gasteiger partial charge in [0.1, 0.15) is 10.9 Å². The fourth-order valence-corrected chi connectivity index (χ4v) is 4.00. The standard InChI is InChI=1S/C12H15Cl2NO4S/c1-7(2)6-10(12(16)17)15-20(18,19)11-8(13)4-3-5-9(11)14/h3-5,7,10,15H,6H2,1-2H3,(H,16,17). The molecule has 1 aromatic rings. The smallest absolute Gasteiger partial charge is 0.321 e. The minimum atomic E-state index is -4.11. The Hall–Kier alpha value is -0.820. The van der Waals surface area contributed by atoms with Gasteiger partial charge in [0.15, 0.2) is 0 Å². The zero-order chi connectivity index (χ0) is 15.5. The van der Waals surface area contributed by atoms with Crippen molar-refractivity contribution in [1.82, 2.24) is 4.72 Å². The maximum atomic E-state index is 12.2. The predicted molar refractivity (Wildman–Crippen MR) is 77.7 cm³/mol. The molecule has 0 amide bonds. The van der Waals surface area contributed by atoms with Crippen LogP contribution in [0.1, 0.15) is 20.3 Å². The van der Waals surface area contributed by atoms with Gasteiger partial charge in [0, 0.05) is 0 Å². The number of hydrogen-bond donors (Lipinski definition) is 2. The van der Waals surface area contributed by atoms with E-state index < -0.39 is 22.0 Å². The quantitative estimate of drug-likeness (QED) is 0.834. The van der Waals surface area contributed by atoms with Crippen molar-refractivity contribution in [3.8, 4) is 0 Å². The molecule has 1 unspecified atom stereocenters. The Bertz CT molecular complexity index is 581. The van der Waals surface area contributed by atoms with Crippen molar-refractivity contribution in [2.45, 2.75) is 31.2 Å². The summed E-state index contributed by atoms with van der Waals surface area (Å²) < 4.78 is 26.6. The highest BCUT2D eigenvalue weighted by Gasteiger charge is 2.29. The van der Waals surface area contributed by atoms with Crippen LogP contribution in [0.4, 0.5) is 0 Å². The Morgan fingerprint density at radius 2 is 1.80 bits per heavy atom. The summed E-state index contributed by atoms with van der Waals surface area (Å²) in [6, 6.07) is 3.03. The first kappa shape index (κ1) is 17.2. The molecule has 0 aromatic heterocycles. The molecule has 0 saturated carbocycles. The number of carbonyl (C=O) groups is 1. The second-order valence-electron chi connectivity index (χ2n) is 4.69. The summed E-state index contributed by atoms with van der Waals surface area (Å²) >= 11 is 11.7. The highest BCUT2D eigenvalue weighted by atomic mass is 35.5. The van der Waals surface area contributed by atoms with Crippen LogP contribution >= 0.6 is 23.2 Å². The Kier molecular flexibility index (Phi) is 5.82. The number of halogens is 2. The highest BCUT2D eigenvalue weighted by Crippen LogP contribution is 2.29. The monoisotopic (exact) mass is 339 g/mol. The van der Waals surface area contributed by atoms with Crippen molar-refractivity contribution in [3.63, 3.8) is 0 Å². The number of sulfonamides is 1. The van der Waals surface area contributed by atoms with Crippen LogP contribution in [-0.2, 0) is 14.8 Å². The van der Waals surface area contributed by atoms with Crippen molar-refractivity contribution < 1.29 is 18.3 Å².